The van der Waals surface area contributed by atoms with Crippen molar-refractivity contribution in [1.29, 1.82) is 0 Å². The largest absolute Gasteiger partial charge is 0.445 e. The molecule has 0 saturated carbocycles. The van der Waals surface area contributed by atoms with Crippen LogP contribution in [0.25, 0.3) is 0 Å². The number of benzene rings is 1. The van der Waals surface area contributed by atoms with E-state index in [2.05, 4.69) is 31.9 Å². The molecule has 0 unspecified atom stereocenters. The summed E-state index contributed by atoms with van der Waals surface area (Å²) in [7, 11) is 0. The lowest BCUT2D eigenvalue weighted by Gasteiger charge is -2.47. The fraction of sp³-hybridized carbons (Fsp3) is 0.571. The van der Waals surface area contributed by atoms with E-state index in [1.807, 2.05) is 19.9 Å². The Morgan fingerprint density at radius 3 is 2.61 bits per heavy atom. The lowest BCUT2D eigenvalue weighted by atomic mass is 9.97. The van der Waals surface area contributed by atoms with Crippen molar-refractivity contribution in [3.63, 3.8) is 0 Å². The highest BCUT2D eigenvalue weighted by atomic mass is 35.5. The maximum Gasteiger partial charge on any atom is 0.407 e. The molecule has 2 saturated heterocycles. The number of piperazine rings is 1. The molecule has 3 heterocycles. The van der Waals surface area contributed by atoms with Gasteiger partial charge in [-0.3, -0.25) is 9.80 Å². The van der Waals surface area contributed by atoms with Crippen LogP contribution in [0.3, 0.4) is 0 Å². The van der Waals surface area contributed by atoms with Gasteiger partial charge >= 0.3 is 6.09 Å². The summed E-state index contributed by atoms with van der Waals surface area (Å²) >= 11 is 12.5. The summed E-state index contributed by atoms with van der Waals surface area (Å²) in [6.45, 7) is 11.3. The molecule has 10 heteroatoms. The Bertz CT molecular complexity index is 1100. The Labute approximate surface area is 235 Å². The number of aromatic nitrogens is 1. The van der Waals surface area contributed by atoms with Crippen LogP contribution >= 0.6 is 23.2 Å². The van der Waals surface area contributed by atoms with Crippen molar-refractivity contribution in [1.82, 2.24) is 20.1 Å². The zero-order valence-corrected chi connectivity index (χ0v) is 23.9. The molecule has 208 valence electrons. The first-order chi connectivity index (χ1) is 18.2. The number of pyridine rings is 1. The number of carbonyl (C=O) groups excluding carboxylic acids is 1. The van der Waals surface area contributed by atoms with Crippen LogP contribution in [-0.2, 0) is 17.9 Å². The third-order valence-electron chi connectivity index (χ3n) is 7.39. The summed E-state index contributed by atoms with van der Waals surface area (Å²) in [6, 6.07) is 7.72. The summed E-state index contributed by atoms with van der Waals surface area (Å²) in [5, 5.41) is 3.70. The van der Waals surface area contributed by atoms with Crippen molar-refractivity contribution >= 4 is 35.1 Å². The average molecular weight is 567 g/mol. The minimum atomic E-state index is -0.454. The van der Waals surface area contributed by atoms with Gasteiger partial charge in [-0.1, -0.05) is 36.2 Å². The topological polar surface area (TPSA) is 60.9 Å². The molecule has 1 aromatic carbocycles. The van der Waals surface area contributed by atoms with Gasteiger partial charge in [-0.15, -0.1) is 0 Å². The van der Waals surface area contributed by atoms with Crippen LogP contribution in [0, 0.1) is 5.82 Å². The highest BCUT2D eigenvalue weighted by Gasteiger charge is 2.34. The molecule has 1 amide bonds. The summed E-state index contributed by atoms with van der Waals surface area (Å²) in [4.78, 5) is 23.6. The molecular formula is C28H38Cl2FN5O2. The van der Waals surface area contributed by atoms with E-state index in [1.54, 1.807) is 18.3 Å². The van der Waals surface area contributed by atoms with E-state index in [4.69, 9.17) is 27.9 Å². The first-order valence-electron chi connectivity index (χ1n) is 13.5. The average Bonchev–Trinajstić information content (AvgIpc) is 2.89. The number of anilines is 1. The number of piperidine rings is 1. The van der Waals surface area contributed by atoms with Gasteiger partial charge in [-0.2, -0.15) is 0 Å². The van der Waals surface area contributed by atoms with Gasteiger partial charge in [0.05, 0.1) is 5.02 Å². The van der Waals surface area contributed by atoms with E-state index in [-0.39, 0.29) is 18.5 Å². The van der Waals surface area contributed by atoms with Crippen molar-refractivity contribution < 1.29 is 13.9 Å². The number of carbonyl (C=O) groups is 1. The molecule has 7 nitrogen and oxygen atoms in total. The molecule has 2 aliphatic rings. The molecule has 1 N–H and O–H groups in total. The van der Waals surface area contributed by atoms with Crippen molar-refractivity contribution in [2.24, 2.45) is 0 Å². The molecular weight excluding hydrogens is 528 g/mol. The van der Waals surface area contributed by atoms with Gasteiger partial charge < -0.3 is 15.0 Å². The number of hydrogen-bond donors (Lipinski definition) is 1. The van der Waals surface area contributed by atoms with Gasteiger partial charge in [0.2, 0.25) is 0 Å². The zero-order chi connectivity index (χ0) is 27.2. The molecule has 0 radical (unpaired) electrons. The lowest BCUT2D eigenvalue weighted by molar-refractivity contribution is 0.0607. The quantitative estimate of drug-likeness (QED) is 0.441. The van der Waals surface area contributed by atoms with Crippen LogP contribution < -0.4 is 10.2 Å². The molecule has 2 aromatic rings. The Balaban J connectivity index is 1.30. The molecule has 2 fully saturated rings. The maximum atomic E-state index is 14.2. The van der Waals surface area contributed by atoms with Crippen LogP contribution in [-0.4, -0.2) is 71.7 Å². The van der Waals surface area contributed by atoms with Gasteiger partial charge in [0.15, 0.2) is 0 Å². The standard InChI is InChI=1S/C28H38Cl2FN5O2/c1-4-23-17-35(27-25(30)13-20(15-32-27)18-38-28(37)33-19(2)3)11-12-36(23)24-7-9-34(10-8-24)16-21-5-6-22(29)14-26(21)31/h5-6,13-15,19,23-24H,4,7-12,16-18H2,1-3H3,(H,33,37)/t23-/m0/s1. The second kappa shape index (κ2) is 13.3. The van der Waals surface area contributed by atoms with E-state index >= 15 is 0 Å². The van der Waals surface area contributed by atoms with Crippen molar-refractivity contribution in [2.75, 3.05) is 37.6 Å². The summed E-state index contributed by atoms with van der Waals surface area (Å²) in [6.07, 6.45) is 4.47. The van der Waals surface area contributed by atoms with E-state index in [9.17, 15) is 9.18 Å². The van der Waals surface area contributed by atoms with Crippen molar-refractivity contribution in [3.05, 3.63) is 57.5 Å². The molecule has 2 aliphatic heterocycles. The highest BCUT2D eigenvalue weighted by Crippen LogP contribution is 2.30. The van der Waals surface area contributed by atoms with Crippen molar-refractivity contribution in [2.45, 2.75) is 71.3 Å². The van der Waals surface area contributed by atoms with Gasteiger partial charge in [0.1, 0.15) is 18.2 Å². The predicted molar refractivity (Wildman–Crippen MR) is 150 cm³/mol. The number of hydrogen-bond acceptors (Lipinski definition) is 6. The number of nitrogens with zero attached hydrogens (tertiary/aromatic N) is 4. The molecule has 1 aromatic heterocycles. The van der Waals surface area contributed by atoms with Gasteiger partial charge in [-0.05, 0) is 64.4 Å². The van der Waals surface area contributed by atoms with Crippen molar-refractivity contribution in [3.8, 4) is 0 Å². The highest BCUT2D eigenvalue weighted by molar-refractivity contribution is 6.33. The monoisotopic (exact) mass is 565 g/mol. The van der Waals surface area contributed by atoms with E-state index in [1.165, 1.54) is 6.07 Å². The van der Waals surface area contributed by atoms with Crippen LogP contribution in [0.4, 0.5) is 15.0 Å². The number of rotatable bonds is 8. The van der Waals surface area contributed by atoms with Gasteiger partial charge in [0.25, 0.3) is 0 Å². The smallest absolute Gasteiger partial charge is 0.407 e. The van der Waals surface area contributed by atoms with E-state index < -0.39 is 6.09 Å². The van der Waals surface area contributed by atoms with Crippen LogP contribution in [0.15, 0.2) is 30.5 Å². The Hall–Kier alpha value is -2.13. The minimum Gasteiger partial charge on any atom is -0.445 e. The Kier molecular flexibility index (Phi) is 10.1. The molecule has 0 bridgehead atoms. The number of ether oxygens (including phenoxy) is 1. The third-order valence-corrected chi connectivity index (χ3v) is 7.90. The fourth-order valence-corrected chi connectivity index (χ4v) is 5.88. The number of halogens is 3. The third kappa shape index (κ3) is 7.50. The van der Waals surface area contributed by atoms with E-state index in [0.29, 0.717) is 34.2 Å². The SMILES string of the molecule is CC[C@H]1CN(c2ncc(COC(=O)NC(C)C)cc2Cl)CCN1C1CCN(Cc2ccc(Cl)cc2F)CC1. The number of nitrogens with one attached hydrogen (secondary N) is 1. The second-order valence-electron chi connectivity index (χ2n) is 10.5. The predicted octanol–water partition coefficient (Wildman–Crippen LogP) is 5.73. The summed E-state index contributed by atoms with van der Waals surface area (Å²) in [5.74, 6) is 0.547. The Morgan fingerprint density at radius 1 is 1.18 bits per heavy atom. The van der Waals surface area contributed by atoms with Crippen LogP contribution in [0.5, 0.6) is 0 Å². The van der Waals surface area contributed by atoms with Crippen LogP contribution in [0.2, 0.25) is 10.0 Å². The van der Waals surface area contributed by atoms with E-state index in [0.717, 1.165) is 63.4 Å². The maximum absolute atomic E-state index is 14.2. The lowest BCUT2D eigenvalue weighted by Crippen LogP contribution is -2.58. The summed E-state index contributed by atoms with van der Waals surface area (Å²) < 4.78 is 19.5. The van der Waals surface area contributed by atoms with Gasteiger partial charge in [-0.25, -0.2) is 14.2 Å². The minimum absolute atomic E-state index is 0.0169. The number of alkyl carbamates (subject to hydrolysis) is 1. The fourth-order valence-electron chi connectivity index (χ4n) is 5.41. The molecule has 0 spiro atoms. The van der Waals surface area contributed by atoms with Gasteiger partial charge in [0, 0.05) is 66.7 Å². The number of amides is 1. The molecule has 4 rings (SSSR count). The summed E-state index contributed by atoms with van der Waals surface area (Å²) in [5.41, 5.74) is 1.46. The normalized spacial score (nSPS) is 19.7. The Morgan fingerprint density at radius 2 is 1.95 bits per heavy atom. The molecule has 0 aliphatic carbocycles. The molecule has 1 atom stereocenters. The second-order valence-corrected chi connectivity index (χ2v) is 11.4. The number of likely N-dealkylation sites (tertiary alicyclic amines) is 1. The van der Waals surface area contributed by atoms with Crippen LogP contribution in [0.1, 0.15) is 51.2 Å². The molecule has 38 heavy (non-hydrogen) atoms. The first-order valence-corrected chi connectivity index (χ1v) is 14.2. The first kappa shape index (κ1) is 28.9. The zero-order valence-electron chi connectivity index (χ0n) is 22.4.